The molecule has 0 saturated heterocycles. The highest BCUT2D eigenvalue weighted by Gasteiger charge is 2.21. The van der Waals surface area contributed by atoms with Crippen molar-refractivity contribution in [3.05, 3.63) is 111 Å². The summed E-state index contributed by atoms with van der Waals surface area (Å²) in [5.41, 5.74) is 2.76. The number of carbonyl (C=O) groups is 2. The molecule has 10 heteroatoms. The fraction of sp³-hybridized carbons (Fsp3) is 0.0741. The summed E-state index contributed by atoms with van der Waals surface area (Å²) < 4.78 is 11.1. The van der Waals surface area contributed by atoms with Gasteiger partial charge in [-0.1, -0.05) is 66.2 Å². The zero-order valence-electron chi connectivity index (χ0n) is 19.5. The van der Waals surface area contributed by atoms with E-state index in [2.05, 4.69) is 10.5 Å². The maximum atomic E-state index is 12.8. The second-order valence-electron chi connectivity index (χ2n) is 7.79. The Hall–Kier alpha value is -4.76. The highest BCUT2D eigenvalue weighted by molar-refractivity contribution is 6.33. The van der Waals surface area contributed by atoms with Crippen LogP contribution in [-0.2, 0) is 4.79 Å². The number of hydrazone groups is 1. The number of carbonyl (C=O) groups excluding carboxylic acids is 2. The molecule has 0 heterocycles. The van der Waals surface area contributed by atoms with Gasteiger partial charge in [0.2, 0.25) is 0 Å². The van der Waals surface area contributed by atoms with Crippen molar-refractivity contribution >= 4 is 46.2 Å². The topological polar surface area (TPSA) is 120 Å². The number of nitrogens with zero attached hydrogens (tertiary/aromatic N) is 2. The van der Waals surface area contributed by atoms with Crippen LogP contribution in [-0.4, -0.2) is 29.1 Å². The average molecular weight is 518 g/mol. The number of para-hydroxylation sites is 2. The molecule has 1 atom stereocenters. The third-order valence-corrected chi connectivity index (χ3v) is 5.66. The van der Waals surface area contributed by atoms with Gasteiger partial charge in [0.1, 0.15) is 5.75 Å². The van der Waals surface area contributed by atoms with E-state index in [1.807, 2.05) is 24.3 Å². The predicted octanol–water partition coefficient (Wildman–Crippen LogP) is 5.54. The number of hydrogen-bond acceptors (Lipinski definition) is 7. The van der Waals surface area contributed by atoms with Gasteiger partial charge in [-0.3, -0.25) is 14.9 Å². The van der Waals surface area contributed by atoms with Gasteiger partial charge in [0.15, 0.2) is 11.9 Å². The van der Waals surface area contributed by atoms with Crippen LogP contribution in [0.2, 0.25) is 5.02 Å². The Bertz CT molecular complexity index is 1520. The number of ether oxygens (including phenoxy) is 2. The van der Waals surface area contributed by atoms with E-state index in [4.69, 9.17) is 21.1 Å². The second kappa shape index (κ2) is 11.3. The number of esters is 1. The van der Waals surface area contributed by atoms with Crippen LogP contribution in [0.1, 0.15) is 22.8 Å². The summed E-state index contributed by atoms with van der Waals surface area (Å²) in [4.78, 5) is 35.9. The molecule has 0 radical (unpaired) electrons. The van der Waals surface area contributed by atoms with Gasteiger partial charge in [-0.25, -0.2) is 10.2 Å². The Balaban J connectivity index is 1.55. The van der Waals surface area contributed by atoms with Crippen molar-refractivity contribution < 1.29 is 24.0 Å². The Kier molecular flexibility index (Phi) is 7.75. The van der Waals surface area contributed by atoms with Crippen molar-refractivity contribution in [2.45, 2.75) is 13.0 Å². The first-order valence-corrected chi connectivity index (χ1v) is 11.4. The standard InChI is InChI=1S/C27H20ClN3O6/c1-17(36-25-13-7-6-12-23(25)31(34)35)26(32)30-29-16-21-19-9-3-2-8-18(19)14-15-24(21)37-27(33)20-10-4-5-11-22(20)28/h2-17H,1H3,(H,30,32)/b29-16-/t17-/m0/s1. The molecule has 0 saturated carbocycles. The summed E-state index contributed by atoms with van der Waals surface area (Å²) in [7, 11) is 0. The van der Waals surface area contributed by atoms with Crippen LogP contribution in [0.5, 0.6) is 11.5 Å². The predicted molar refractivity (Wildman–Crippen MR) is 139 cm³/mol. The quantitative estimate of drug-likeness (QED) is 0.108. The van der Waals surface area contributed by atoms with Crippen LogP contribution >= 0.6 is 11.6 Å². The van der Waals surface area contributed by atoms with E-state index in [0.717, 1.165) is 10.8 Å². The third-order valence-electron chi connectivity index (χ3n) is 5.33. The minimum atomic E-state index is -1.08. The molecule has 0 unspecified atom stereocenters. The molecule has 0 bridgehead atoms. The Morgan fingerprint density at radius 3 is 2.46 bits per heavy atom. The van der Waals surface area contributed by atoms with E-state index >= 15 is 0 Å². The summed E-state index contributed by atoms with van der Waals surface area (Å²) in [5.74, 6) is -1.11. The molecule has 0 aliphatic rings. The molecule has 9 nitrogen and oxygen atoms in total. The summed E-state index contributed by atoms with van der Waals surface area (Å²) in [6.45, 7) is 1.44. The van der Waals surface area contributed by atoms with Gasteiger partial charge in [-0.2, -0.15) is 5.10 Å². The van der Waals surface area contributed by atoms with E-state index in [1.54, 1.807) is 42.5 Å². The fourth-order valence-corrected chi connectivity index (χ4v) is 3.70. The maximum absolute atomic E-state index is 12.8. The van der Waals surface area contributed by atoms with Crippen LogP contribution in [0.15, 0.2) is 90.0 Å². The van der Waals surface area contributed by atoms with Gasteiger partial charge in [-0.05, 0) is 42.0 Å². The lowest BCUT2D eigenvalue weighted by atomic mass is 10.0. The molecule has 186 valence electrons. The Morgan fingerprint density at radius 1 is 0.973 bits per heavy atom. The Labute approximate surface area is 216 Å². The van der Waals surface area contributed by atoms with Crippen molar-refractivity contribution in [2.24, 2.45) is 5.10 Å². The van der Waals surface area contributed by atoms with Gasteiger partial charge in [0.25, 0.3) is 5.91 Å². The lowest BCUT2D eigenvalue weighted by Crippen LogP contribution is -2.33. The highest BCUT2D eigenvalue weighted by Crippen LogP contribution is 2.29. The number of benzene rings is 4. The van der Waals surface area contributed by atoms with Crippen molar-refractivity contribution in [3.63, 3.8) is 0 Å². The fourth-order valence-electron chi connectivity index (χ4n) is 3.48. The van der Waals surface area contributed by atoms with Gasteiger partial charge in [0, 0.05) is 11.6 Å². The first-order chi connectivity index (χ1) is 17.8. The van der Waals surface area contributed by atoms with Crippen LogP contribution in [0.3, 0.4) is 0 Å². The molecule has 4 aromatic rings. The van der Waals surface area contributed by atoms with Crippen molar-refractivity contribution in [3.8, 4) is 11.5 Å². The SMILES string of the molecule is C[C@H](Oc1ccccc1[N+](=O)[O-])C(=O)N/N=C\c1c(OC(=O)c2ccccc2Cl)ccc2ccccc12. The number of amides is 1. The van der Waals surface area contributed by atoms with Crippen LogP contribution < -0.4 is 14.9 Å². The number of halogens is 1. The van der Waals surface area contributed by atoms with Crippen molar-refractivity contribution in [2.75, 3.05) is 0 Å². The summed E-state index contributed by atoms with van der Waals surface area (Å²) in [6.07, 6.45) is 0.274. The average Bonchev–Trinajstić information content (AvgIpc) is 2.90. The normalized spacial score (nSPS) is 11.7. The summed E-state index contributed by atoms with van der Waals surface area (Å²) >= 11 is 6.13. The number of rotatable bonds is 8. The molecule has 0 spiro atoms. The molecule has 0 aliphatic carbocycles. The van der Waals surface area contributed by atoms with Gasteiger partial charge in [-0.15, -0.1) is 0 Å². The largest absolute Gasteiger partial charge is 0.474 e. The molecule has 1 amide bonds. The third kappa shape index (κ3) is 5.91. The van der Waals surface area contributed by atoms with E-state index in [-0.39, 0.29) is 27.8 Å². The number of nitro groups is 1. The molecular formula is C27H20ClN3O6. The Morgan fingerprint density at radius 2 is 1.68 bits per heavy atom. The first kappa shape index (κ1) is 25.3. The van der Waals surface area contributed by atoms with Crippen molar-refractivity contribution in [1.82, 2.24) is 5.43 Å². The minimum absolute atomic E-state index is 0.0399. The number of fused-ring (bicyclic) bond motifs is 1. The van der Waals surface area contributed by atoms with E-state index < -0.39 is 22.9 Å². The molecule has 0 aliphatic heterocycles. The highest BCUT2D eigenvalue weighted by atomic mass is 35.5. The second-order valence-corrected chi connectivity index (χ2v) is 8.19. The zero-order chi connectivity index (χ0) is 26.4. The van der Waals surface area contributed by atoms with E-state index in [9.17, 15) is 19.7 Å². The van der Waals surface area contributed by atoms with Gasteiger partial charge < -0.3 is 9.47 Å². The van der Waals surface area contributed by atoms with Crippen LogP contribution in [0.25, 0.3) is 10.8 Å². The van der Waals surface area contributed by atoms with Gasteiger partial charge in [0.05, 0.1) is 21.7 Å². The van der Waals surface area contributed by atoms with E-state index in [0.29, 0.717) is 5.56 Å². The van der Waals surface area contributed by atoms with Crippen molar-refractivity contribution in [1.29, 1.82) is 0 Å². The molecule has 4 aromatic carbocycles. The molecule has 37 heavy (non-hydrogen) atoms. The first-order valence-electron chi connectivity index (χ1n) is 11.1. The monoisotopic (exact) mass is 517 g/mol. The molecule has 4 rings (SSSR count). The smallest absolute Gasteiger partial charge is 0.345 e. The summed E-state index contributed by atoms with van der Waals surface area (Å²) in [5, 5.41) is 17.0. The zero-order valence-corrected chi connectivity index (χ0v) is 20.2. The van der Waals surface area contributed by atoms with E-state index in [1.165, 1.54) is 31.3 Å². The lowest BCUT2D eigenvalue weighted by Gasteiger charge is -2.13. The van der Waals surface area contributed by atoms with Gasteiger partial charge >= 0.3 is 11.7 Å². The molecule has 0 aromatic heterocycles. The number of hydrogen-bond donors (Lipinski definition) is 1. The lowest BCUT2D eigenvalue weighted by molar-refractivity contribution is -0.386. The van der Waals surface area contributed by atoms with Crippen LogP contribution in [0, 0.1) is 10.1 Å². The number of nitro benzene ring substituents is 1. The van der Waals surface area contributed by atoms with Crippen LogP contribution in [0.4, 0.5) is 5.69 Å². The minimum Gasteiger partial charge on any atom is -0.474 e. The number of nitrogens with one attached hydrogen (secondary N) is 1. The molecule has 0 fully saturated rings. The molecular weight excluding hydrogens is 498 g/mol. The maximum Gasteiger partial charge on any atom is 0.345 e. The molecule has 1 N–H and O–H groups in total. The summed E-state index contributed by atoms with van der Waals surface area (Å²) in [6, 6.07) is 23.1.